The van der Waals surface area contributed by atoms with Gasteiger partial charge in [-0.15, -0.1) is 0 Å². The first-order chi connectivity index (χ1) is 6.43. The molecular formula is C11H15NO. The lowest BCUT2D eigenvalue weighted by molar-refractivity contribution is 0.136. The van der Waals surface area contributed by atoms with Crippen LogP contribution in [0.5, 0.6) is 0 Å². The fraction of sp³-hybridized carbons (Fsp3) is 0.273. The molecule has 0 heterocycles. The van der Waals surface area contributed by atoms with Crippen molar-refractivity contribution in [2.24, 2.45) is 5.90 Å². The molecule has 0 radical (unpaired) electrons. The van der Waals surface area contributed by atoms with Gasteiger partial charge in [0, 0.05) is 0 Å². The number of unbranched alkanes of at least 4 members (excludes halogenated alkanes) is 1. The molecule has 70 valence electrons. The quantitative estimate of drug-likeness (QED) is 0.553. The topological polar surface area (TPSA) is 35.2 Å². The van der Waals surface area contributed by atoms with Gasteiger partial charge in [-0.2, -0.15) is 0 Å². The van der Waals surface area contributed by atoms with Gasteiger partial charge in [0.2, 0.25) is 0 Å². The van der Waals surface area contributed by atoms with Gasteiger partial charge in [0.05, 0.1) is 6.61 Å². The van der Waals surface area contributed by atoms with Crippen LogP contribution in [0.1, 0.15) is 18.4 Å². The monoisotopic (exact) mass is 177 g/mol. The first-order valence-corrected chi connectivity index (χ1v) is 4.47. The average molecular weight is 177 g/mol. The van der Waals surface area contributed by atoms with Gasteiger partial charge in [0.15, 0.2) is 0 Å². The van der Waals surface area contributed by atoms with Crippen LogP contribution in [0.15, 0.2) is 36.4 Å². The molecule has 1 rings (SSSR count). The standard InChI is InChI=1S/C11H15NO/c12-13-10-6-2-5-9-11-7-3-1-4-8-11/h1,3-5,7-9H,2,6,10,12H2. The van der Waals surface area contributed by atoms with E-state index in [0.29, 0.717) is 6.61 Å². The highest BCUT2D eigenvalue weighted by Gasteiger charge is 1.83. The molecule has 0 spiro atoms. The fourth-order valence-corrected chi connectivity index (χ4v) is 1.07. The maximum Gasteiger partial charge on any atom is 0.0682 e. The largest absolute Gasteiger partial charge is 0.305 e. The van der Waals surface area contributed by atoms with Crippen LogP contribution in [0.25, 0.3) is 6.08 Å². The molecule has 0 bridgehead atoms. The molecule has 1 aromatic rings. The minimum atomic E-state index is 0.624. The van der Waals surface area contributed by atoms with Crippen molar-refractivity contribution in [3.8, 4) is 0 Å². The molecule has 2 nitrogen and oxygen atoms in total. The fourth-order valence-electron chi connectivity index (χ4n) is 1.07. The zero-order valence-corrected chi connectivity index (χ0v) is 7.65. The van der Waals surface area contributed by atoms with Gasteiger partial charge in [-0.1, -0.05) is 42.5 Å². The van der Waals surface area contributed by atoms with Crippen molar-refractivity contribution in [3.63, 3.8) is 0 Å². The maximum absolute atomic E-state index is 4.90. The minimum absolute atomic E-state index is 0.624. The van der Waals surface area contributed by atoms with Crippen LogP contribution < -0.4 is 5.90 Å². The Kier molecular flexibility index (Phi) is 4.91. The Morgan fingerprint density at radius 1 is 1.23 bits per heavy atom. The Balaban J connectivity index is 2.25. The van der Waals surface area contributed by atoms with E-state index in [9.17, 15) is 0 Å². The second-order valence-electron chi connectivity index (χ2n) is 2.83. The van der Waals surface area contributed by atoms with E-state index in [1.54, 1.807) is 0 Å². The van der Waals surface area contributed by atoms with Crippen molar-refractivity contribution >= 4 is 6.08 Å². The predicted octanol–water partition coefficient (Wildman–Crippen LogP) is 2.37. The molecule has 0 atom stereocenters. The van der Waals surface area contributed by atoms with Crippen LogP contribution in [0, 0.1) is 0 Å². The van der Waals surface area contributed by atoms with Crippen LogP contribution in [0.2, 0.25) is 0 Å². The van der Waals surface area contributed by atoms with E-state index in [4.69, 9.17) is 5.90 Å². The summed E-state index contributed by atoms with van der Waals surface area (Å²) in [5.74, 6) is 4.90. The van der Waals surface area contributed by atoms with Gasteiger partial charge < -0.3 is 4.84 Å². The molecule has 0 saturated carbocycles. The van der Waals surface area contributed by atoms with E-state index >= 15 is 0 Å². The Bertz CT molecular complexity index is 244. The highest BCUT2D eigenvalue weighted by Crippen LogP contribution is 2.02. The van der Waals surface area contributed by atoms with Crippen LogP contribution in [-0.4, -0.2) is 6.61 Å². The van der Waals surface area contributed by atoms with Crippen molar-refractivity contribution < 1.29 is 4.84 Å². The molecule has 1 aromatic carbocycles. The molecule has 0 saturated heterocycles. The molecule has 0 unspecified atom stereocenters. The summed E-state index contributed by atoms with van der Waals surface area (Å²) in [7, 11) is 0. The molecule has 2 N–H and O–H groups in total. The predicted molar refractivity (Wildman–Crippen MR) is 54.8 cm³/mol. The number of rotatable bonds is 5. The van der Waals surface area contributed by atoms with E-state index in [-0.39, 0.29) is 0 Å². The van der Waals surface area contributed by atoms with E-state index < -0.39 is 0 Å². The number of benzene rings is 1. The summed E-state index contributed by atoms with van der Waals surface area (Å²) < 4.78 is 0. The molecule has 0 amide bonds. The van der Waals surface area contributed by atoms with Gasteiger partial charge in [-0.3, -0.25) is 0 Å². The van der Waals surface area contributed by atoms with Crippen molar-refractivity contribution in [1.82, 2.24) is 0 Å². The molecule has 0 aliphatic heterocycles. The van der Waals surface area contributed by atoms with Gasteiger partial charge in [-0.25, -0.2) is 5.90 Å². The third-order valence-electron chi connectivity index (χ3n) is 1.74. The number of allylic oxidation sites excluding steroid dienone is 1. The summed E-state index contributed by atoms with van der Waals surface area (Å²) in [5.41, 5.74) is 1.23. The molecule has 0 aliphatic rings. The summed E-state index contributed by atoms with van der Waals surface area (Å²) >= 11 is 0. The lowest BCUT2D eigenvalue weighted by atomic mass is 10.2. The third-order valence-corrected chi connectivity index (χ3v) is 1.74. The highest BCUT2D eigenvalue weighted by atomic mass is 16.6. The summed E-state index contributed by atoms with van der Waals surface area (Å²) in [6, 6.07) is 10.2. The second kappa shape index (κ2) is 6.40. The molecular weight excluding hydrogens is 162 g/mol. The molecule has 0 fully saturated rings. The first-order valence-electron chi connectivity index (χ1n) is 4.47. The zero-order valence-electron chi connectivity index (χ0n) is 7.65. The van der Waals surface area contributed by atoms with Crippen molar-refractivity contribution in [2.75, 3.05) is 6.61 Å². The Morgan fingerprint density at radius 2 is 2.00 bits per heavy atom. The third kappa shape index (κ3) is 4.45. The van der Waals surface area contributed by atoms with E-state index in [1.165, 1.54) is 5.56 Å². The second-order valence-corrected chi connectivity index (χ2v) is 2.83. The maximum atomic E-state index is 4.90. The number of hydrogen-bond acceptors (Lipinski definition) is 2. The lowest BCUT2D eigenvalue weighted by Gasteiger charge is -1.93. The van der Waals surface area contributed by atoms with Crippen molar-refractivity contribution in [2.45, 2.75) is 12.8 Å². The number of nitrogens with two attached hydrogens (primary N) is 1. The Labute approximate surface area is 79.0 Å². The summed E-state index contributed by atoms with van der Waals surface area (Å²) in [6.07, 6.45) is 6.22. The summed E-state index contributed by atoms with van der Waals surface area (Å²) in [6.45, 7) is 0.624. The van der Waals surface area contributed by atoms with Gasteiger partial charge in [-0.05, 0) is 18.4 Å². The highest BCUT2D eigenvalue weighted by molar-refractivity contribution is 5.48. The Hall–Kier alpha value is -1.12. The molecule has 2 heteroatoms. The van der Waals surface area contributed by atoms with Crippen LogP contribution in [0.4, 0.5) is 0 Å². The van der Waals surface area contributed by atoms with Crippen molar-refractivity contribution in [1.29, 1.82) is 0 Å². The van der Waals surface area contributed by atoms with E-state index in [0.717, 1.165) is 12.8 Å². The summed E-state index contributed by atoms with van der Waals surface area (Å²) in [4.78, 5) is 4.46. The summed E-state index contributed by atoms with van der Waals surface area (Å²) in [5, 5.41) is 0. The molecule has 0 aromatic heterocycles. The van der Waals surface area contributed by atoms with Gasteiger partial charge in [0.1, 0.15) is 0 Å². The SMILES string of the molecule is NOCCCC=Cc1ccccc1. The van der Waals surface area contributed by atoms with E-state index in [1.807, 2.05) is 18.2 Å². The zero-order chi connectivity index (χ0) is 9.36. The molecule has 0 aliphatic carbocycles. The average Bonchev–Trinajstić information content (AvgIpc) is 2.19. The minimum Gasteiger partial charge on any atom is -0.305 e. The Morgan fingerprint density at radius 3 is 2.69 bits per heavy atom. The van der Waals surface area contributed by atoms with Gasteiger partial charge >= 0.3 is 0 Å². The van der Waals surface area contributed by atoms with Gasteiger partial charge in [0.25, 0.3) is 0 Å². The van der Waals surface area contributed by atoms with E-state index in [2.05, 4.69) is 29.1 Å². The van der Waals surface area contributed by atoms with Crippen LogP contribution in [-0.2, 0) is 4.84 Å². The van der Waals surface area contributed by atoms with Crippen molar-refractivity contribution in [3.05, 3.63) is 42.0 Å². The lowest BCUT2D eigenvalue weighted by Crippen LogP contribution is -1.99. The van der Waals surface area contributed by atoms with Crippen LogP contribution in [0.3, 0.4) is 0 Å². The molecule has 13 heavy (non-hydrogen) atoms. The first kappa shape index (κ1) is 9.96. The van der Waals surface area contributed by atoms with Crippen LogP contribution >= 0.6 is 0 Å². The smallest absolute Gasteiger partial charge is 0.0682 e. The normalized spacial score (nSPS) is 10.8. The number of hydrogen-bond donors (Lipinski definition) is 1.